The van der Waals surface area contributed by atoms with Crippen LogP contribution in [0.5, 0.6) is 0 Å². The number of hydrogen-bond acceptors (Lipinski definition) is 5. The first kappa shape index (κ1) is 17.0. The highest BCUT2D eigenvalue weighted by molar-refractivity contribution is 6.43. The third-order valence-electron chi connectivity index (χ3n) is 4.17. The molecule has 1 fully saturated rings. The van der Waals surface area contributed by atoms with E-state index in [0.29, 0.717) is 12.3 Å². The summed E-state index contributed by atoms with van der Waals surface area (Å²) in [5.74, 6) is 0.210. The van der Waals surface area contributed by atoms with Crippen molar-refractivity contribution < 1.29 is 19.4 Å². The van der Waals surface area contributed by atoms with E-state index in [-0.39, 0.29) is 11.6 Å². The first-order valence-corrected chi connectivity index (χ1v) is 8.11. The lowest BCUT2D eigenvalue weighted by atomic mass is 9.75. The fourth-order valence-electron chi connectivity index (χ4n) is 2.98. The number of nitrogens with zero attached hydrogens (tertiary/aromatic N) is 1. The Bertz CT molecular complexity index is 484. The summed E-state index contributed by atoms with van der Waals surface area (Å²) in [6.45, 7) is 3.91. The summed E-state index contributed by atoms with van der Waals surface area (Å²) in [6.07, 6.45) is 6.24. The second-order valence-corrected chi connectivity index (χ2v) is 6.57. The van der Waals surface area contributed by atoms with Crippen molar-refractivity contribution in [3.63, 3.8) is 0 Å². The molecule has 0 spiro atoms. The molecule has 0 saturated heterocycles. The molecule has 0 unspecified atom stereocenters. The van der Waals surface area contributed by atoms with Crippen LogP contribution in [-0.2, 0) is 0 Å². The quantitative estimate of drug-likeness (QED) is 0.697. The number of carbonyl (C=O) groups is 1. The Morgan fingerprint density at radius 3 is 2.68 bits per heavy atom. The lowest BCUT2D eigenvalue weighted by Crippen LogP contribution is -2.47. The van der Waals surface area contributed by atoms with Gasteiger partial charge in [-0.3, -0.25) is 4.79 Å². The van der Waals surface area contributed by atoms with Crippen LogP contribution in [-0.4, -0.2) is 34.2 Å². The summed E-state index contributed by atoms with van der Waals surface area (Å²) < 4.78 is 5.31. The lowest BCUT2D eigenvalue weighted by Gasteiger charge is -2.19. The molecule has 1 amide bonds. The van der Waals surface area contributed by atoms with E-state index in [1.807, 2.05) is 13.8 Å². The number of amides is 1. The van der Waals surface area contributed by atoms with Gasteiger partial charge in [-0.2, -0.15) is 0 Å². The summed E-state index contributed by atoms with van der Waals surface area (Å²) in [6, 6.07) is 1.68. The van der Waals surface area contributed by atoms with Crippen LogP contribution in [0.2, 0.25) is 0 Å². The molecule has 22 heavy (non-hydrogen) atoms. The molecule has 0 aliphatic heterocycles. The molecule has 3 N–H and O–H groups in total. The molecular weight excluding hydrogens is 283 g/mol. The third kappa shape index (κ3) is 4.58. The SMILES string of the molecule is CC(C)C[C@H](NC(=O)c1cc(C2CCCCC2)on1)B(O)O. The van der Waals surface area contributed by atoms with Gasteiger partial charge in [0.1, 0.15) is 5.76 Å². The smallest absolute Gasteiger partial charge is 0.426 e. The molecule has 1 aromatic rings. The van der Waals surface area contributed by atoms with E-state index in [1.165, 1.54) is 19.3 Å². The van der Waals surface area contributed by atoms with Gasteiger partial charge in [0, 0.05) is 12.0 Å². The molecule has 0 radical (unpaired) electrons. The summed E-state index contributed by atoms with van der Waals surface area (Å²) in [5.41, 5.74) is 0.204. The van der Waals surface area contributed by atoms with E-state index in [2.05, 4.69) is 10.5 Å². The molecule has 6 nitrogen and oxygen atoms in total. The molecule has 122 valence electrons. The molecule has 2 rings (SSSR count). The molecule has 1 saturated carbocycles. The lowest BCUT2D eigenvalue weighted by molar-refractivity contribution is 0.0929. The van der Waals surface area contributed by atoms with Crippen molar-refractivity contribution in [1.29, 1.82) is 0 Å². The molecule has 0 bridgehead atoms. The molecule has 1 aliphatic carbocycles. The molecule has 0 aromatic carbocycles. The van der Waals surface area contributed by atoms with E-state index >= 15 is 0 Å². The van der Waals surface area contributed by atoms with Crippen molar-refractivity contribution in [3.8, 4) is 0 Å². The highest BCUT2D eigenvalue weighted by Crippen LogP contribution is 2.32. The molecule has 7 heteroatoms. The highest BCUT2D eigenvalue weighted by atomic mass is 16.5. The van der Waals surface area contributed by atoms with Gasteiger partial charge in [0.25, 0.3) is 5.91 Å². The van der Waals surface area contributed by atoms with E-state index in [0.717, 1.165) is 18.6 Å². The fourth-order valence-corrected chi connectivity index (χ4v) is 2.98. The Morgan fingerprint density at radius 1 is 1.41 bits per heavy atom. The number of hydrogen-bond donors (Lipinski definition) is 3. The van der Waals surface area contributed by atoms with E-state index in [1.54, 1.807) is 6.07 Å². The third-order valence-corrected chi connectivity index (χ3v) is 4.17. The standard InChI is InChI=1S/C15H25BN2O4/c1-10(2)8-14(16(20)21)17-15(19)12-9-13(22-18-12)11-6-4-3-5-7-11/h9-11,14,20-21H,3-8H2,1-2H3,(H,17,19)/t14-/m0/s1. The molecule has 1 aliphatic rings. The maximum atomic E-state index is 12.2. The maximum absolute atomic E-state index is 12.2. The van der Waals surface area contributed by atoms with E-state index in [9.17, 15) is 14.8 Å². The van der Waals surface area contributed by atoms with Gasteiger partial charge < -0.3 is 19.9 Å². The monoisotopic (exact) mass is 308 g/mol. The maximum Gasteiger partial charge on any atom is 0.475 e. The Morgan fingerprint density at radius 2 is 2.09 bits per heavy atom. The molecule has 1 heterocycles. The van der Waals surface area contributed by atoms with E-state index in [4.69, 9.17) is 4.52 Å². The Balaban J connectivity index is 1.98. The van der Waals surface area contributed by atoms with Crippen LogP contribution in [0.25, 0.3) is 0 Å². The number of aromatic nitrogens is 1. The van der Waals surface area contributed by atoms with Crippen molar-refractivity contribution in [3.05, 3.63) is 17.5 Å². The average Bonchev–Trinajstić information content (AvgIpc) is 2.96. The van der Waals surface area contributed by atoms with Crippen molar-refractivity contribution in [1.82, 2.24) is 10.5 Å². The predicted octanol–water partition coefficient (Wildman–Crippen LogP) is 1.88. The topological polar surface area (TPSA) is 95.6 Å². The van der Waals surface area contributed by atoms with Gasteiger partial charge in [-0.25, -0.2) is 0 Å². The summed E-state index contributed by atoms with van der Waals surface area (Å²) >= 11 is 0. The zero-order chi connectivity index (χ0) is 16.1. The van der Waals surface area contributed by atoms with Gasteiger partial charge in [-0.1, -0.05) is 38.3 Å². The van der Waals surface area contributed by atoms with Crippen molar-refractivity contribution >= 4 is 13.0 Å². The zero-order valence-corrected chi connectivity index (χ0v) is 13.3. The largest absolute Gasteiger partial charge is 0.475 e. The van der Waals surface area contributed by atoms with Gasteiger partial charge >= 0.3 is 7.12 Å². The highest BCUT2D eigenvalue weighted by Gasteiger charge is 2.28. The summed E-state index contributed by atoms with van der Waals surface area (Å²) in [7, 11) is -1.59. The van der Waals surface area contributed by atoms with Gasteiger partial charge in [-0.15, -0.1) is 0 Å². The van der Waals surface area contributed by atoms with Gasteiger partial charge in [0.2, 0.25) is 0 Å². The average molecular weight is 308 g/mol. The normalized spacial score (nSPS) is 17.5. The predicted molar refractivity (Wildman–Crippen MR) is 83.2 cm³/mol. The summed E-state index contributed by atoms with van der Waals surface area (Å²) in [5, 5.41) is 25.2. The van der Waals surface area contributed by atoms with Gasteiger partial charge in [0.05, 0.1) is 5.94 Å². The Labute approximate surface area is 131 Å². The Kier molecular flexibility index (Phi) is 6.02. The fraction of sp³-hybridized carbons (Fsp3) is 0.733. The minimum absolute atomic E-state index is 0.204. The van der Waals surface area contributed by atoms with Crippen LogP contribution >= 0.6 is 0 Å². The van der Waals surface area contributed by atoms with Crippen LogP contribution in [0.4, 0.5) is 0 Å². The van der Waals surface area contributed by atoms with E-state index < -0.39 is 19.0 Å². The number of rotatable bonds is 6. The van der Waals surface area contributed by atoms with Crippen LogP contribution in [0, 0.1) is 5.92 Å². The van der Waals surface area contributed by atoms with Gasteiger partial charge in [-0.05, 0) is 25.2 Å². The second-order valence-electron chi connectivity index (χ2n) is 6.57. The van der Waals surface area contributed by atoms with Crippen molar-refractivity contribution in [2.45, 2.75) is 64.2 Å². The van der Waals surface area contributed by atoms with Crippen molar-refractivity contribution in [2.24, 2.45) is 5.92 Å². The number of nitrogens with one attached hydrogen (secondary N) is 1. The first-order valence-electron chi connectivity index (χ1n) is 8.11. The number of carbonyl (C=O) groups excluding carboxylic acids is 1. The van der Waals surface area contributed by atoms with Crippen molar-refractivity contribution in [2.75, 3.05) is 0 Å². The van der Waals surface area contributed by atoms with Crippen LogP contribution in [0.1, 0.15) is 74.5 Å². The molecule has 1 atom stereocenters. The zero-order valence-electron chi connectivity index (χ0n) is 13.3. The second kappa shape index (κ2) is 7.79. The summed E-state index contributed by atoms with van der Waals surface area (Å²) in [4.78, 5) is 12.2. The molecule has 1 aromatic heterocycles. The van der Waals surface area contributed by atoms with Crippen LogP contribution in [0.3, 0.4) is 0 Å². The van der Waals surface area contributed by atoms with Gasteiger partial charge in [0.15, 0.2) is 5.69 Å². The first-order chi connectivity index (χ1) is 10.5. The minimum Gasteiger partial charge on any atom is -0.426 e. The molecular formula is C15H25BN2O4. The van der Waals surface area contributed by atoms with Crippen LogP contribution < -0.4 is 5.32 Å². The Hall–Kier alpha value is -1.34. The van der Waals surface area contributed by atoms with Crippen LogP contribution in [0.15, 0.2) is 10.6 Å². The minimum atomic E-state index is -1.59.